The number of carboxylic acids is 1. The summed E-state index contributed by atoms with van der Waals surface area (Å²) in [5.41, 5.74) is 1.04. The Morgan fingerprint density at radius 2 is 1.79 bits per heavy atom. The van der Waals surface area contributed by atoms with E-state index in [1.54, 1.807) is 0 Å². The monoisotopic (exact) mass is 355 g/mol. The number of nitrogens with one attached hydrogen (secondary N) is 1. The number of carbonyl (C=O) groups excluding carboxylic acids is 1. The van der Waals surface area contributed by atoms with Crippen LogP contribution in [0.5, 0.6) is 0 Å². The molecule has 1 aromatic rings. The van der Waals surface area contributed by atoms with Crippen molar-refractivity contribution in [2.45, 2.75) is 39.2 Å². The quantitative estimate of drug-likeness (QED) is 0.665. The second-order valence-electron chi connectivity index (χ2n) is 6.27. The highest BCUT2D eigenvalue weighted by atomic mass is 32.2. The van der Waals surface area contributed by atoms with Crippen molar-refractivity contribution in [2.24, 2.45) is 5.92 Å². The highest BCUT2D eigenvalue weighted by Gasteiger charge is 2.24. The summed E-state index contributed by atoms with van der Waals surface area (Å²) < 4.78 is 24.0. The smallest absolute Gasteiger partial charge is 0.326 e. The molecule has 0 aromatic heterocycles. The van der Waals surface area contributed by atoms with E-state index in [4.69, 9.17) is 5.11 Å². The van der Waals surface area contributed by atoms with E-state index >= 15 is 0 Å². The molecular weight excluding hydrogens is 330 g/mol. The first-order valence-corrected chi connectivity index (χ1v) is 9.78. The highest BCUT2D eigenvalue weighted by Crippen LogP contribution is 2.07. The number of hydrogen-bond donors (Lipinski definition) is 2. The summed E-state index contributed by atoms with van der Waals surface area (Å²) in [7, 11) is -3.56. The standard InChI is InChI=1S/C17H25NO5S/c1-13(2)11-15(17(20)21)18-16(19)12-24(22,23)10-6-9-14-7-4-3-5-8-14/h3-5,7-8,13,15H,6,9-12H2,1-2H3,(H,18,19)(H,20,21). The minimum Gasteiger partial charge on any atom is -0.480 e. The zero-order valence-electron chi connectivity index (χ0n) is 14.1. The molecule has 1 aromatic carbocycles. The van der Waals surface area contributed by atoms with Crippen LogP contribution >= 0.6 is 0 Å². The van der Waals surface area contributed by atoms with Gasteiger partial charge in [-0.1, -0.05) is 44.2 Å². The first-order chi connectivity index (χ1) is 11.2. The molecule has 0 spiro atoms. The van der Waals surface area contributed by atoms with Gasteiger partial charge in [-0.15, -0.1) is 0 Å². The molecule has 0 bridgehead atoms. The van der Waals surface area contributed by atoms with E-state index in [0.717, 1.165) is 5.56 Å². The predicted octanol–water partition coefficient (Wildman–Crippen LogP) is 1.65. The predicted molar refractivity (Wildman–Crippen MR) is 92.4 cm³/mol. The number of carbonyl (C=O) groups is 2. The van der Waals surface area contributed by atoms with E-state index < -0.39 is 33.5 Å². The van der Waals surface area contributed by atoms with Gasteiger partial charge in [0, 0.05) is 0 Å². The van der Waals surface area contributed by atoms with Gasteiger partial charge in [0.1, 0.15) is 11.8 Å². The van der Waals surface area contributed by atoms with Gasteiger partial charge in [0.25, 0.3) is 0 Å². The number of aryl methyl sites for hydroxylation is 1. The first kappa shape index (κ1) is 20.2. The lowest BCUT2D eigenvalue weighted by atomic mass is 10.0. The van der Waals surface area contributed by atoms with Gasteiger partial charge >= 0.3 is 5.97 Å². The Labute approximate surface area is 143 Å². The summed E-state index contributed by atoms with van der Waals surface area (Å²) in [5.74, 6) is -2.61. The van der Waals surface area contributed by atoms with Crippen LogP contribution in [-0.2, 0) is 25.8 Å². The molecular formula is C17H25NO5S. The van der Waals surface area contributed by atoms with Gasteiger partial charge in [0.15, 0.2) is 9.84 Å². The molecule has 1 unspecified atom stereocenters. The number of carboxylic acid groups (broad SMARTS) is 1. The molecule has 24 heavy (non-hydrogen) atoms. The van der Waals surface area contributed by atoms with Gasteiger partial charge in [0.05, 0.1) is 5.75 Å². The van der Waals surface area contributed by atoms with Crippen LogP contribution in [0.4, 0.5) is 0 Å². The number of sulfone groups is 1. The maximum atomic E-state index is 12.0. The van der Waals surface area contributed by atoms with E-state index in [9.17, 15) is 18.0 Å². The molecule has 0 radical (unpaired) electrons. The molecule has 0 aliphatic rings. The second kappa shape index (κ2) is 9.42. The van der Waals surface area contributed by atoms with Crippen LogP contribution < -0.4 is 5.32 Å². The van der Waals surface area contributed by atoms with E-state index in [1.807, 2.05) is 44.2 Å². The normalized spacial score (nSPS) is 12.8. The van der Waals surface area contributed by atoms with Crippen molar-refractivity contribution < 1.29 is 23.1 Å². The molecule has 0 saturated carbocycles. The molecule has 0 heterocycles. The fraction of sp³-hybridized carbons (Fsp3) is 0.529. The number of hydrogen-bond acceptors (Lipinski definition) is 4. The molecule has 0 fully saturated rings. The lowest BCUT2D eigenvalue weighted by Crippen LogP contribution is -2.44. The minimum atomic E-state index is -3.56. The fourth-order valence-corrected chi connectivity index (χ4v) is 3.55. The Morgan fingerprint density at radius 3 is 2.33 bits per heavy atom. The number of benzene rings is 1. The third-order valence-electron chi connectivity index (χ3n) is 3.46. The lowest BCUT2D eigenvalue weighted by Gasteiger charge is -2.16. The van der Waals surface area contributed by atoms with Crippen molar-refractivity contribution in [3.05, 3.63) is 35.9 Å². The van der Waals surface area contributed by atoms with Gasteiger partial charge in [-0.2, -0.15) is 0 Å². The van der Waals surface area contributed by atoms with Crippen LogP contribution in [0, 0.1) is 5.92 Å². The van der Waals surface area contributed by atoms with E-state index in [0.29, 0.717) is 12.8 Å². The minimum absolute atomic E-state index is 0.0777. The third-order valence-corrected chi connectivity index (χ3v) is 5.07. The summed E-state index contributed by atoms with van der Waals surface area (Å²) in [5, 5.41) is 11.4. The van der Waals surface area contributed by atoms with Gasteiger partial charge in [-0.25, -0.2) is 13.2 Å². The fourth-order valence-electron chi connectivity index (χ4n) is 2.34. The third kappa shape index (κ3) is 8.10. The molecule has 7 heteroatoms. The van der Waals surface area contributed by atoms with Crippen LogP contribution in [0.2, 0.25) is 0 Å². The van der Waals surface area contributed by atoms with Crippen molar-refractivity contribution >= 4 is 21.7 Å². The summed E-state index contributed by atoms with van der Waals surface area (Å²) in [6.45, 7) is 3.67. The second-order valence-corrected chi connectivity index (χ2v) is 8.45. The maximum Gasteiger partial charge on any atom is 0.326 e. The zero-order valence-corrected chi connectivity index (χ0v) is 14.9. The number of amides is 1. The van der Waals surface area contributed by atoms with Crippen molar-refractivity contribution in [1.82, 2.24) is 5.32 Å². The molecule has 1 atom stereocenters. The zero-order chi connectivity index (χ0) is 18.2. The molecule has 0 aliphatic carbocycles. The Hall–Kier alpha value is -1.89. The Balaban J connectivity index is 2.47. The first-order valence-electron chi connectivity index (χ1n) is 7.96. The summed E-state index contributed by atoms with van der Waals surface area (Å²) in [6.07, 6.45) is 1.30. The molecule has 0 aliphatic heterocycles. The van der Waals surface area contributed by atoms with Crippen LogP contribution in [0.25, 0.3) is 0 Å². The van der Waals surface area contributed by atoms with Crippen LogP contribution in [0.3, 0.4) is 0 Å². The maximum absolute atomic E-state index is 12.0. The van der Waals surface area contributed by atoms with E-state index in [-0.39, 0.29) is 18.1 Å². The SMILES string of the molecule is CC(C)CC(NC(=O)CS(=O)(=O)CCCc1ccccc1)C(=O)O. The van der Waals surface area contributed by atoms with Crippen molar-refractivity contribution in [1.29, 1.82) is 0 Å². The van der Waals surface area contributed by atoms with Crippen LogP contribution in [0.1, 0.15) is 32.3 Å². The van der Waals surface area contributed by atoms with Gasteiger partial charge in [-0.3, -0.25) is 4.79 Å². The molecule has 0 saturated heterocycles. The van der Waals surface area contributed by atoms with E-state index in [1.165, 1.54) is 0 Å². The van der Waals surface area contributed by atoms with Gasteiger partial charge < -0.3 is 10.4 Å². The topological polar surface area (TPSA) is 101 Å². The molecule has 134 valence electrons. The number of rotatable bonds is 10. The van der Waals surface area contributed by atoms with Crippen molar-refractivity contribution in [3.8, 4) is 0 Å². The van der Waals surface area contributed by atoms with Gasteiger partial charge in [0.2, 0.25) is 5.91 Å². The van der Waals surface area contributed by atoms with Crippen LogP contribution in [-0.4, -0.2) is 42.9 Å². The summed E-state index contributed by atoms with van der Waals surface area (Å²) in [6, 6.07) is 8.44. The Morgan fingerprint density at radius 1 is 1.17 bits per heavy atom. The summed E-state index contributed by atoms with van der Waals surface area (Å²) in [4.78, 5) is 22.9. The highest BCUT2D eigenvalue weighted by molar-refractivity contribution is 7.92. The Bertz CT molecular complexity index is 640. The van der Waals surface area contributed by atoms with Gasteiger partial charge in [-0.05, 0) is 30.7 Å². The summed E-state index contributed by atoms with van der Waals surface area (Å²) >= 11 is 0. The van der Waals surface area contributed by atoms with Crippen molar-refractivity contribution in [3.63, 3.8) is 0 Å². The largest absolute Gasteiger partial charge is 0.480 e. The molecule has 1 amide bonds. The molecule has 1 rings (SSSR count). The molecule has 6 nitrogen and oxygen atoms in total. The number of aliphatic carboxylic acids is 1. The average molecular weight is 355 g/mol. The lowest BCUT2D eigenvalue weighted by molar-refractivity contribution is -0.141. The molecule has 2 N–H and O–H groups in total. The van der Waals surface area contributed by atoms with Crippen molar-refractivity contribution in [2.75, 3.05) is 11.5 Å². The Kier molecular flexibility index (Phi) is 7.91. The average Bonchev–Trinajstić information content (AvgIpc) is 2.46. The van der Waals surface area contributed by atoms with E-state index in [2.05, 4.69) is 5.32 Å². The van der Waals surface area contributed by atoms with Crippen LogP contribution in [0.15, 0.2) is 30.3 Å².